The summed E-state index contributed by atoms with van der Waals surface area (Å²) >= 11 is 0. The highest BCUT2D eigenvalue weighted by molar-refractivity contribution is 6.31. The predicted octanol–water partition coefficient (Wildman–Crippen LogP) is 1.14. The summed E-state index contributed by atoms with van der Waals surface area (Å²) in [6.07, 6.45) is -9.16. The van der Waals surface area contributed by atoms with E-state index in [0.29, 0.717) is 0 Å². The Morgan fingerprint density at radius 3 is 2.20 bits per heavy atom. The van der Waals surface area contributed by atoms with E-state index in [9.17, 15) is 39.9 Å². The molecule has 2 fully saturated rings. The largest absolute Gasteiger partial charge is 0.507 e. The maximum absolute atomic E-state index is 14.8. The van der Waals surface area contributed by atoms with Crippen LogP contribution in [0.3, 0.4) is 0 Å². The number of likely N-dealkylation sites (N-methyl/N-ethyl adjacent to an activating group) is 1. The highest BCUT2D eigenvalue weighted by atomic mass is 16.7. The normalized spacial score (nSPS) is 38.6. The zero-order chi connectivity index (χ0) is 41.1. The van der Waals surface area contributed by atoms with E-state index in [2.05, 4.69) is 0 Å². The fourth-order valence-electron chi connectivity index (χ4n) is 9.68. The number of ether oxygens (including phenoxy) is 8. The summed E-state index contributed by atoms with van der Waals surface area (Å²) in [5, 5.41) is 58.3. The Hall–Kier alpha value is -3.75. The minimum absolute atomic E-state index is 0.0417. The molecule has 0 radical (unpaired) electrons. The Morgan fingerprint density at radius 1 is 0.946 bits per heavy atom. The number of rotatable bonds is 7. The highest BCUT2D eigenvalue weighted by Crippen LogP contribution is 2.56. The first-order valence-corrected chi connectivity index (χ1v) is 18.2. The van der Waals surface area contributed by atoms with Crippen LogP contribution in [0.5, 0.6) is 17.2 Å². The Bertz CT molecular complexity index is 1980. The second-order valence-electron chi connectivity index (χ2n) is 16.0. The molecule has 2 aliphatic carbocycles. The summed E-state index contributed by atoms with van der Waals surface area (Å²) in [7, 11) is 8.84. The molecule has 0 saturated carbocycles. The lowest BCUT2D eigenvalue weighted by atomic mass is 9.68. The van der Waals surface area contributed by atoms with Gasteiger partial charge >= 0.3 is 5.97 Å². The van der Waals surface area contributed by atoms with Crippen molar-refractivity contribution in [2.45, 2.75) is 112 Å². The Kier molecular flexibility index (Phi) is 9.88. The van der Waals surface area contributed by atoms with Crippen LogP contribution in [0.1, 0.15) is 94.7 Å². The fourth-order valence-corrected chi connectivity index (χ4v) is 9.68. The quantitative estimate of drug-likeness (QED) is 0.212. The topological polar surface area (TPSA) is 229 Å². The van der Waals surface area contributed by atoms with E-state index in [-0.39, 0.29) is 34.4 Å². The summed E-state index contributed by atoms with van der Waals surface area (Å²) in [5.41, 5.74) is -6.55. The van der Waals surface area contributed by atoms with Gasteiger partial charge in [0.15, 0.2) is 12.1 Å². The number of phenols is 2. The predicted molar refractivity (Wildman–Crippen MR) is 191 cm³/mol. The van der Waals surface area contributed by atoms with Gasteiger partial charge in [0.05, 0.1) is 47.7 Å². The minimum Gasteiger partial charge on any atom is -0.507 e. The van der Waals surface area contributed by atoms with Gasteiger partial charge in [-0.3, -0.25) is 14.4 Å². The Labute approximate surface area is 322 Å². The molecule has 0 amide bonds. The maximum Gasteiger partial charge on any atom is 0.316 e. The number of hydrogen-bond donors (Lipinski definition) is 5. The number of carbonyl (C=O) groups excluding carboxylic acids is 3. The van der Waals surface area contributed by atoms with Crippen LogP contribution in [0.4, 0.5) is 0 Å². The standard InChI is InChI=1S/C39H49NO16/c1-14-32(49-7)39(4,52-10)33(50-8)36(53-14)54-19-13-37(2,48)24(34(47)51-9)15-11-16-21(27(43)20(15)19)28(44)22-18(41)12-17-30(23(22)26(16)42)55-35-29(45)25(40(5)6)31(46)38(17,3)56-35/h11-12,14,19,24-25,29,31-33,35-36,41,43,45-46,48H,13H2,1-10H3/t14-,19+,24+,25-,29-,31+,32-,33-,35-,36+,37+,38-,39-/m1/s1. The third-order valence-corrected chi connectivity index (χ3v) is 12.5. The van der Waals surface area contributed by atoms with Gasteiger partial charge in [0.2, 0.25) is 12.1 Å². The number of phenolic OH excluding ortho intramolecular Hbond substituents is 2. The van der Waals surface area contributed by atoms with Gasteiger partial charge in [-0.05, 0) is 59.5 Å². The Morgan fingerprint density at radius 2 is 1.61 bits per heavy atom. The lowest BCUT2D eigenvalue weighted by molar-refractivity contribution is -0.345. The van der Waals surface area contributed by atoms with Crippen LogP contribution in [-0.2, 0) is 43.6 Å². The van der Waals surface area contributed by atoms with Crippen LogP contribution in [0, 0.1) is 0 Å². The first kappa shape index (κ1) is 40.4. The third kappa shape index (κ3) is 5.47. The van der Waals surface area contributed by atoms with E-state index in [1.165, 1.54) is 41.2 Å². The summed E-state index contributed by atoms with van der Waals surface area (Å²) in [6, 6.07) is 1.50. The monoisotopic (exact) mass is 787 g/mol. The van der Waals surface area contributed by atoms with Gasteiger partial charge in [0.25, 0.3) is 0 Å². The molecule has 0 aromatic heterocycles. The number of carbonyl (C=O) groups is 3. The van der Waals surface area contributed by atoms with E-state index in [4.69, 9.17) is 37.9 Å². The lowest BCUT2D eigenvalue weighted by Crippen LogP contribution is -2.68. The van der Waals surface area contributed by atoms with Crippen molar-refractivity contribution in [2.75, 3.05) is 42.5 Å². The summed E-state index contributed by atoms with van der Waals surface area (Å²) in [5.74, 6) is -5.85. The first-order valence-electron chi connectivity index (χ1n) is 18.2. The van der Waals surface area contributed by atoms with Crippen LogP contribution < -0.4 is 4.74 Å². The molecule has 7 rings (SSSR count). The molecule has 0 unspecified atom stereocenters. The lowest BCUT2D eigenvalue weighted by Gasteiger charge is -2.53. The van der Waals surface area contributed by atoms with Crippen LogP contribution in [-0.4, -0.2) is 151 Å². The summed E-state index contributed by atoms with van der Waals surface area (Å²) in [6.45, 7) is 6.40. The number of aliphatic hydroxyl groups excluding tert-OH is 2. The zero-order valence-corrected chi connectivity index (χ0v) is 32.8. The maximum atomic E-state index is 14.8. The van der Waals surface area contributed by atoms with Gasteiger partial charge < -0.3 is 68.3 Å². The van der Waals surface area contributed by atoms with Gasteiger partial charge in [0.1, 0.15) is 58.8 Å². The SMILES string of the molecule is COC(=O)[C@@H]1c2cc3c(c(O)c2[C@@H](O[C@@H]2O[C@H](C)[C@@H](OC)[C@@](C)(OC)[C@@H]2OC)C[C@]1(C)O)C(=O)c1c(O)cc2c(c1C3=O)O[C@@H]1O[C@@]2(C)[C@@H](O)[C@H](N(C)C)[C@H]1O. The number of aliphatic hydroxyl groups is 3. The number of nitrogens with zero attached hydrogens (tertiary/aromatic N) is 1. The molecule has 5 N–H and O–H groups in total. The molecular formula is C39H49NO16. The molecule has 56 heavy (non-hydrogen) atoms. The fraction of sp³-hybridized carbons (Fsp3) is 0.615. The second kappa shape index (κ2) is 13.7. The average Bonchev–Trinajstić information content (AvgIpc) is 3.12. The minimum atomic E-state index is -1.91. The van der Waals surface area contributed by atoms with Crippen molar-refractivity contribution in [3.63, 3.8) is 0 Å². The summed E-state index contributed by atoms with van der Waals surface area (Å²) < 4.78 is 47.4. The average molecular weight is 788 g/mol. The van der Waals surface area contributed by atoms with Crippen LogP contribution in [0.2, 0.25) is 0 Å². The van der Waals surface area contributed by atoms with E-state index >= 15 is 0 Å². The highest BCUT2D eigenvalue weighted by Gasteiger charge is 2.60. The molecule has 2 bridgehead atoms. The molecule has 2 aromatic rings. The van der Waals surface area contributed by atoms with E-state index in [0.717, 1.165) is 13.2 Å². The van der Waals surface area contributed by atoms with Gasteiger partial charge in [0, 0.05) is 44.4 Å². The van der Waals surface area contributed by atoms with Crippen molar-refractivity contribution in [3.05, 3.63) is 51.1 Å². The van der Waals surface area contributed by atoms with Gasteiger partial charge in [-0.1, -0.05) is 0 Å². The van der Waals surface area contributed by atoms with Gasteiger partial charge in [-0.25, -0.2) is 0 Å². The van der Waals surface area contributed by atoms with Crippen molar-refractivity contribution in [3.8, 4) is 17.2 Å². The molecule has 0 spiro atoms. The van der Waals surface area contributed by atoms with E-state index < -0.39 is 124 Å². The van der Waals surface area contributed by atoms with Crippen molar-refractivity contribution in [1.82, 2.24) is 4.90 Å². The molecule has 3 heterocycles. The molecule has 3 aliphatic heterocycles. The molecule has 2 aromatic carbocycles. The van der Waals surface area contributed by atoms with Crippen molar-refractivity contribution < 1.29 is 77.8 Å². The number of aromatic hydroxyl groups is 2. The number of hydrogen-bond acceptors (Lipinski definition) is 17. The third-order valence-electron chi connectivity index (χ3n) is 12.5. The molecule has 306 valence electrons. The zero-order valence-electron chi connectivity index (χ0n) is 32.8. The van der Waals surface area contributed by atoms with Crippen molar-refractivity contribution in [2.24, 2.45) is 0 Å². The van der Waals surface area contributed by atoms with Crippen molar-refractivity contribution in [1.29, 1.82) is 0 Å². The Balaban J connectivity index is 1.40. The van der Waals surface area contributed by atoms with E-state index in [1.807, 2.05) is 0 Å². The van der Waals surface area contributed by atoms with Gasteiger partial charge in [-0.2, -0.15) is 0 Å². The summed E-state index contributed by atoms with van der Waals surface area (Å²) in [4.78, 5) is 44.4. The van der Waals surface area contributed by atoms with Crippen LogP contribution in [0.15, 0.2) is 12.1 Å². The van der Waals surface area contributed by atoms with Crippen LogP contribution >= 0.6 is 0 Å². The molecule has 2 saturated heterocycles. The van der Waals surface area contributed by atoms with Gasteiger partial charge in [-0.15, -0.1) is 0 Å². The molecule has 17 nitrogen and oxygen atoms in total. The smallest absolute Gasteiger partial charge is 0.316 e. The number of methoxy groups -OCH3 is 4. The van der Waals surface area contributed by atoms with E-state index in [1.54, 1.807) is 32.8 Å². The molecular weight excluding hydrogens is 738 g/mol. The first-order chi connectivity index (χ1) is 26.2. The number of esters is 1. The molecule has 13 atom stereocenters. The number of benzene rings is 2. The number of ketones is 2. The van der Waals surface area contributed by atoms with Crippen molar-refractivity contribution >= 4 is 17.5 Å². The molecule has 17 heteroatoms. The second-order valence-corrected chi connectivity index (χ2v) is 16.0. The number of fused-ring (bicyclic) bond motifs is 8. The van der Waals surface area contributed by atoms with Crippen LogP contribution in [0.25, 0.3) is 0 Å². The molecule has 5 aliphatic rings.